The summed E-state index contributed by atoms with van der Waals surface area (Å²) in [7, 11) is 0. The summed E-state index contributed by atoms with van der Waals surface area (Å²) >= 11 is 0. The molecule has 0 bridgehead atoms. The highest BCUT2D eigenvalue weighted by Crippen LogP contribution is 2.32. The second-order valence-electron chi connectivity index (χ2n) is 7.78. The monoisotopic (exact) mass is 430 g/mol. The zero-order valence-corrected chi connectivity index (χ0v) is 17.3. The van der Waals surface area contributed by atoms with E-state index in [1.165, 1.54) is 18.6 Å². The molecule has 9 heteroatoms. The number of carbonyl (C=O) groups is 2. The van der Waals surface area contributed by atoms with Gasteiger partial charge in [-0.2, -0.15) is 0 Å². The molecule has 9 nitrogen and oxygen atoms in total. The summed E-state index contributed by atoms with van der Waals surface area (Å²) in [6, 6.07) is 9.44. The minimum absolute atomic E-state index is 0.112. The van der Waals surface area contributed by atoms with Crippen LogP contribution in [-0.4, -0.2) is 75.4 Å². The average molecular weight is 430 g/mol. The van der Waals surface area contributed by atoms with Gasteiger partial charge < -0.3 is 15.0 Å². The molecule has 2 aliphatic rings. The van der Waals surface area contributed by atoms with Crippen molar-refractivity contribution in [1.29, 1.82) is 0 Å². The first-order valence-corrected chi connectivity index (χ1v) is 10.4. The third-order valence-corrected chi connectivity index (χ3v) is 5.70. The second kappa shape index (κ2) is 8.72. The van der Waals surface area contributed by atoms with E-state index in [1.54, 1.807) is 17.3 Å². The van der Waals surface area contributed by atoms with Crippen LogP contribution >= 0.6 is 0 Å². The molecule has 5 rings (SSSR count). The highest BCUT2D eigenvalue weighted by molar-refractivity contribution is 5.95. The maximum Gasteiger partial charge on any atom is 0.274 e. The first kappa shape index (κ1) is 20.1. The Bertz CT molecular complexity index is 1130. The third-order valence-electron chi connectivity index (χ3n) is 5.70. The zero-order chi connectivity index (χ0) is 21.9. The van der Waals surface area contributed by atoms with Crippen molar-refractivity contribution in [2.75, 3.05) is 38.1 Å². The summed E-state index contributed by atoms with van der Waals surface area (Å²) in [5.74, 6) is 0.326. The van der Waals surface area contributed by atoms with Crippen molar-refractivity contribution < 1.29 is 14.3 Å². The molecule has 0 saturated carbocycles. The Morgan fingerprint density at radius 3 is 2.78 bits per heavy atom. The Balaban J connectivity index is 1.36. The van der Waals surface area contributed by atoms with Crippen LogP contribution in [0.1, 0.15) is 10.5 Å². The zero-order valence-electron chi connectivity index (χ0n) is 17.3. The van der Waals surface area contributed by atoms with Crippen molar-refractivity contribution in [3.05, 3.63) is 67.0 Å². The molecule has 0 unspecified atom stereocenters. The number of nitrogens with zero attached hydrogens (tertiary/aromatic N) is 5. The smallest absolute Gasteiger partial charge is 0.274 e. The SMILES string of the molecule is O=C1CN2CCN(C(=O)c3cnccn3)C[C@H]2COc2ccc(-c3cccnc3)cc2N1. The molecule has 162 valence electrons. The van der Waals surface area contributed by atoms with Crippen molar-refractivity contribution >= 4 is 17.5 Å². The number of anilines is 1. The van der Waals surface area contributed by atoms with Gasteiger partial charge in [-0.05, 0) is 23.8 Å². The van der Waals surface area contributed by atoms with Gasteiger partial charge in [0.25, 0.3) is 5.91 Å². The lowest BCUT2D eigenvalue weighted by Gasteiger charge is -2.40. The molecular weight excluding hydrogens is 408 g/mol. The first-order valence-electron chi connectivity index (χ1n) is 10.4. The van der Waals surface area contributed by atoms with E-state index in [-0.39, 0.29) is 24.4 Å². The molecule has 2 aromatic heterocycles. The maximum atomic E-state index is 12.8. The van der Waals surface area contributed by atoms with Gasteiger partial charge in [-0.3, -0.25) is 24.5 Å². The van der Waals surface area contributed by atoms with E-state index in [2.05, 4.69) is 25.2 Å². The van der Waals surface area contributed by atoms with Gasteiger partial charge in [0.2, 0.25) is 5.91 Å². The van der Waals surface area contributed by atoms with Crippen LogP contribution in [-0.2, 0) is 4.79 Å². The van der Waals surface area contributed by atoms with Gasteiger partial charge in [0.05, 0.1) is 24.5 Å². The minimum atomic E-state index is -0.163. The molecule has 1 aromatic carbocycles. The van der Waals surface area contributed by atoms with E-state index in [0.717, 1.165) is 11.1 Å². The van der Waals surface area contributed by atoms with Crippen LogP contribution in [0.2, 0.25) is 0 Å². The lowest BCUT2D eigenvalue weighted by Crippen LogP contribution is -2.58. The Labute approximate surface area is 185 Å². The molecule has 1 N–H and O–H groups in total. The van der Waals surface area contributed by atoms with E-state index in [0.29, 0.717) is 43.4 Å². The summed E-state index contributed by atoms with van der Waals surface area (Å²) in [4.78, 5) is 41.6. The number of aromatic nitrogens is 3. The molecular formula is C23H22N6O3. The van der Waals surface area contributed by atoms with E-state index >= 15 is 0 Å². The fourth-order valence-electron chi connectivity index (χ4n) is 4.04. The van der Waals surface area contributed by atoms with E-state index < -0.39 is 0 Å². The largest absolute Gasteiger partial charge is 0.490 e. The molecule has 1 fully saturated rings. The van der Waals surface area contributed by atoms with Crippen molar-refractivity contribution in [1.82, 2.24) is 24.8 Å². The molecule has 2 amide bonds. The summed E-state index contributed by atoms with van der Waals surface area (Å²) in [6.07, 6.45) is 8.02. The quantitative estimate of drug-likeness (QED) is 0.660. The van der Waals surface area contributed by atoms with Crippen LogP contribution in [0.15, 0.2) is 61.3 Å². The number of carbonyl (C=O) groups excluding carboxylic acids is 2. The van der Waals surface area contributed by atoms with Crippen LogP contribution in [0, 0.1) is 0 Å². The number of amides is 2. The number of hydrogen-bond acceptors (Lipinski definition) is 7. The van der Waals surface area contributed by atoms with Crippen molar-refractivity contribution in [2.24, 2.45) is 0 Å². The number of benzene rings is 1. The molecule has 1 atom stereocenters. The third kappa shape index (κ3) is 4.15. The number of rotatable bonds is 2. The van der Waals surface area contributed by atoms with Crippen LogP contribution in [0.25, 0.3) is 11.1 Å². The van der Waals surface area contributed by atoms with Gasteiger partial charge >= 0.3 is 0 Å². The van der Waals surface area contributed by atoms with Crippen molar-refractivity contribution in [2.45, 2.75) is 6.04 Å². The number of ether oxygens (including phenoxy) is 1. The normalized spacial score (nSPS) is 18.8. The van der Waals surface area contributed by atoms with Crippen molar-refractivity contribution in [3.8, 4) is 16.9 Å². The Morgan fingerprint density at radius 1 is 1.06 bits per heavy atom. The minimum Gasteiger partial charge on any atom is -0.490 e. The molecule has 0 spiro atoms. The van der Waals surface area contributed by atoms with Gasteiger partial charge in [0.1, 0.15) is 18.1 Å². The van der Waals surface area contributed by atoms with Crippen molar-refractivity contribution in [3.63, 3.8) is 0 Å². The number of hydrogen-bond donors (Lipinski definition) is 1. The molecule has 1 saturated heterocycles. The number of piperazine rings is 1. The van der Waals surface area contributed by atoms with Gasteiger partial charge in [-0.1, -0.05) is 12.1 Å². The lowest BCUT2D eigenvalue weighted by molar-refractivity contribution is -0.118. The lowest BCUT2D eigenvalue weighted by atomic mass is 10.1. The summed E-state index contributed by atoms with van der Waals surface area (Å²) in [6.45, 7) is 2.13. The van der Waals surface area contributed by atoms with E-state index in [9.17, 15) is 9.59 Å². The Kier molecular flexibility index (Phi) is 5.47. The summed E-state index contributed by atoms with van der Waals surface area (Å²) in [5.41, 5.74) is 2.85. The van der Waals surface area contributed by atoms with Crippen LogP contribution < -0.4 is 10.1 Å². The maximum absolute atomic E-state index is 12.8. The molecule has 32 heavy (non-hydrogen) atoms. The number of pyridine rings is 1. The highest BCUT2D eigenvalue weighted by atomic mass is 16.5. The van der Waals surface area contributed by atoms with Gasteiger partial charge in [-0.15, -0.1) is 0 Å². The van der Waals surface area contributed by atoms with Gasteiger partial charge in [-0.25, -0.2) is 4.98 Å². The topological polar surface area (TPSA) is 101 Å². The molecule has 0 radical (unpaired) electrons. The predicted molar refractivity (Wildman–Crippen MR) is 117 cm³/mol. The number of nitrogens with one attached hydrogen (secondary N) is 1. The van der Waals surface area contributed by atoms with E-state index in [1.807, 2.05) is 30.3 Å². The molecule has 0 aliphatic carbocycles. The Hall–Kier alpha value is -3.85. The molecule has 3 aromatic rings. The number of fused-ring (bicyclic) bond motifs is 2. The fourth-order valence-corrected chi connectivity index (χ4v) is 4.04. The summed E-state index contributed by atoms with van der Waals surface area (Å²) < 4.78 is 6.11. The molecule has 4 heterocycles. The van der Waals surface area contributed by atoms with Gasteiger partial charge in [0.15, 0.2) is 0 Å². The van der Waals surface area contributed by atoms with E-state index in [4.69, 9.17) is 4.74 Å². The average Bonchev–Trinajstić information content (AvgIpc) is 2.90. The summed E-state index contributed by atoms with van der Waals surface area (Å²) in [5, 5.41) is 2.98. The molecule has 2 aliphatic heterocycles. The first-order chi connectivity index (χ1) is 15.7. The second-order valence-corrected chi connectivity index (χ2v) is 7.78. The van der Waals surface area contributed by atoms with Crippen LogP contribution in [0.3, 0.4) is 0 Å². The van der Waals surface area contributed by atoms with Gasteiger partial charge in [0, 0.05) is 50.0 Å². The Morgan fingerprint density at radius 2 is 1.97 bits per heavy atom. The highest BCUT2D eigenvalue weighted by Gasteiger charge is 2.33. The fraction of sp³-hybridized carbons (Fsp3) is 0.261. The van der Waals surface area contributed by atoms with Crippen LogP contribution in [0.4, 0.5) is 5.69 Å². The standard InChI is InChI=1S/C23H22N6O3/c30-22-14-28-8-9-29(23(31)20-12-25-6-7-26-20)13-18(28)15-32-21-4-3-16(10-19(21)27-22)17-2-1-5-24-11-17/h1-7,10-12,18H,8-9,13-15H2,(H,27,30)/t18-/m0/s1. The predicted octanol–water partition coefficient (Wildman–Crippen LogP) is 1.70. The van der Waals surface area contributed by atoms with Crippen LogP contribution in [0.5, 0.6) is 5.75 Å².